The fourth-order valence-electron chi connectivity index (χ4n) is 2.15. The van der Waals surface area contributed by atoms with Crippen LogP contribution in [0.25, 0.3) is 0 Å². The molecule has 0 unspecified atom stereocenters. The summed E-state index contributed by atoms with van der Waals surface area (Å²) in [4.78, 5) is 27.2. The summed E-state index contributed by atoms with van der Waals surface area (Å²) in [5.74, 6) is 0.0672. The zero-order valence-electron chi connectivity index (χ0n) is 11.6. The Morgan fingerprint density at radius 3 is 2.67 bits per heavy atom. The summed E-state index contributed by atoms with van der Waals surface area (Å²) >= 11 is 0. The lowest BCUT2D eigenvalue weighted by Crippen LogP contribution is -2.44. The molecule has 0 aromatic heterocycles. The number of amides is 2. The Morgan fingerprint density at radius 2 is 2.06 bits per heavy atom. The van der Waals surface area contributed by atoms with E-state index in [4.69, 9.17) is 0 Å². The molecule has 0 atom stereocenters. The van der Waals surface area contributed by atoms with Crippen LogP contribution in [0.4, 0.5) is 0 Å². The number of nitrogens with zero attached hydrogens (tertiary/aromatic N) is 2. The van der Waals surface area contributed by atoms with Crippen LogP contribution in [-0.4, -0.2) is 60.9 Å². The Kier molecular flexibility index (Phi) is 6.72. The number of hydrogen-bond acceptors (Lipinski definition) is 3. The average molecular weight is 255 g/mol. The molecule has 1 heterocycles. The standard InChI is InChI=1S/C13H25N3O2/c1-3-15(4-2)10-8-14-12(17)11-16-9-6-5-7-13(16)18/h3-11H2,1-2H3,(H,14,17). The quantitative estimate of drug-likeness (QED) is 0.719. The number of carbonyl (C=O) groups is 2. The van der Waals surface area contributed by atoms with Crippen molar-refractivity contribution >= 4 is 11.8 Å². The smallest absolute Gasteiger partial charge is 0.239 e. The van der Waals surface area contributed by atoms with Gasteiger partial charge in [-0.15, -0.1) is 0 Å². The third-order valence-electron chi connectivity index (χ3n) is 3.40. The lowest BCUT2D eigenvalue weighted by Gasteiger charge is -2.26. The van der Waals surface area contributed by atoms with Crippen molar-refractivity contribution in [2.75, 3.05) is 39.3 Å². The summed E-state index contributed by atoms with van der Waals surface area (Å²) in [6.07, 6.45) is 2.56. The molecule has 1 N–H and O–H groups in total. The number of likely N-dealkylation sites (N-methyl/N-ethyl adjacent to an activating group) is 1. The highest BCUT2D eigenvalue weighted by atomic mass is 16.2. The highest BCUT2D eigenvalue weighted by Crippen LogP contribution is 2.09. The fraction of sp³-hybridized carbons (Fsp3) is 0.846. The lowest BCUT2D eigenvalue weighted by atomic mass is 10.1. The van der Waals surface area contributed by atoms with E-state index in [1.807, 2.05) is 0 Å². The van der Waals surface area contributed by atoms with Crippen molar-refractivity contribution in [3.8, 4) is 0 Å². The summed E-state index contributed by atoms with van der Waals surface area (Å²) < 4.78 is 0. The molecule has 1 aliphatic heterocycles. The van der Waals surface area contributed by atoms with Gasteiger partial charge in [-0.3, -0.25) is 9.59 Å². The van der Waals surface area contributed by atoms with Crippen molar-refractivity contribution in [1.29, 1.82) is 0 Å². The van der Waals surface area contributed by atoms with Crippen LogP contribution < -0.4 is 5.32 Å². The molecule has 0 aliphatic carbocycles. The Morgan fingerprint density at radius 1 is 1.33 bits per heavy atom. The third-order valence-corrected chi connectivity index (χ3v) is 3.40. The summed E-state index contributed by atoms with van der Waals surface area (Å²) in [6.45, 7) is 8.68. The molecule has 0 aromatic carbocycles. The van der Waals surface area contributed by atoms with Crippen molar-refractivity contribution < 1.29 is 9.59 Å². The van der Waals surface area contributed by atoms with Gasteiger partial charge in [-0.25, -0.2) is 0 Å². The van der Waals surface area contributed by atoms with Crippen LogP contribution in [0.5, 0.6) is 0 Å². The van der Waals surface area contributed by atoms with E-state index in [0.29, 0.717) is 13.0 Å². The number of nitrogens with one attached hydrogen (secondary N) is 1. The minimum Gasteiger partial charge on any atom is -0.353 e. The van der Waals surface area contributed by atoms with Crippen molar-refractivity contribution in [1.82, 2.24) is 15.1 Å². The first-order valence-corrected chi connectivity index (χ1v) is 6.94. The zero-order valence-corrected chi connectivity index (χ0v) is 11.6. The molecule has 0 aromatic rings. The predicted molar refractivity (Wildman–Crippen MR) is 71.2 cm³/mol. The molecule has 1 aliphatic rings. The molecular formula is C13H25N3O2. The van der Waals surface area contributed by atoms with Gasteiger partial charge in [0.15, 0.2) is 0 Å². The molecule has 0 saturated carbocycles. The van der Waals surface area contributed by atoms with Gasteiger partial charge in [0, 0.05) is 26.1 Å². The first-order valence-electron chi connectivity index (χ1n) is 6.94. The minimum absolute atomic E-state index is 0.0441. The molecule has 1 fully saturated rings. The number of rotatable bonds is 7. The summed E-state index contributed by atoms with van der Waals surface area (Å²) in [7, 11) is 0. The van der Waals surface area contributed by atoms with E-state index in [1.165, 1.54) is 0 Å². The summed E-state index contributed by atoms with van der Waals surface area (Å²) in [6, 6.07) is 0. The monoisotopic (exact) mass is 255 g/mol. The van der Waals surface area contributed by atoms with E-state index in [9.17, 15) is 9.59 Å². The van der Waals surface area contributed by atoms with Crippen molar-refractivity contribution in [3.63, 3.8) is 0 Å². The second-order valence-electron chi connectivity index (χ2n) is 4.65. The molecule has 5 heteroatoms. The highest BCUT2D eigenvalue weighted by Gasteiger charge is 2.20. The topological polar surface area (TPSA) is 52.7 Å². The van der Waals surface area contributed by atoms with Gasteiger partial charge in [-0.05, 0) is 25.9 Å². The second kappa shape index (κ2) is 8.08. The van der Waals surface area contributed by atoms with Crippen LogP contribution in [0.15, 0.2) is 0 Å². The minimum atomic E-state index is -0.0441. The van der Waals surface area contributed by atoms with Crippen molar-refractivity contribution in [2.24, 2.45) is 0 Å². The summed E-state index contributed by atoms with van der Waals surface area (Å²) in [5, 5.41) is 2.88. The van der Waals surface area contributed by atoms with Gasteiger partial charge in [0.2, 0.25) is 11.8 Å². The molecule has 0 spiro atoms. The Bertz CT molecular complexity index is 277. The predicted octanol–water partition coefficient (Wildman–Crippen LogP) is 0.457. The van der Waals surface area contributed by atoms with E-state index >= 15 is 0 Å². The maximum atomic E-state index is 11.7. The van der Waals surface area contributed by atoms with Crippen LogP contribution >= 0.6 is 0 Å². The average Bonchev–Trinajstić information content (AvgIpc) is 2.37. The fourth-order valence-corrected chi connectivity index (χ4v) is 2.15. The van der Waals surface area contributed by atoms with Crippen LogP contribution in [0, 0.1) is 0 Å². The first-order chi connectivity index (χ1) is 8.67. The van der Waals surface area contributed by atoms with E-state index in [-0.39, 0.29) is 18.4 Å². The molecule has 5 nitrogen and oxygen atoms in total. The molecule has 104 valence electrons. The lowest BCUT2D eigenvalue weighted by molar-refractivity contribution is -0.137. The van der Waals surface area contributed by atoms with Gasteiger partial charge in [0.25, 0.3) is 0 Å². The van der Waals surface area contributed by atoms with E-state index in [2.05, 4.69) is 24.1 Å². The van der Waals surface area contributed by atoms with Crippen LogP contribution in [0.1, 0.15) is 33.1 Å². The SMILES string of the molecule is CCN(CC)CCNC(=O)CN1CCCCC1=O. The van der Waals surface area contributed by atoms with E-state index in [1.54, 1.807) is 4.90 Å². The molecule has 2 amide bonds. The molecule has 0 bridgehead atoms. The third kappa shape index (κ3) is 5.04. The highest BCUT2D eigenvalue weighted by molar-refractivity contribution is 5.85. The van der Waals surface area contributed by atoms with Gasteiger partial charge < -0.3 is 15.1 Å². The number of piperidine rings is 1. The molecule has 1 saturated heterocycles. The molecule has 1 rings (SSSR count). The van der Waals surface area contributed by atoms with Crippen molar-refractivity contribution in [3.05, 3.63) is 0 Å². The van der Waals surface area contributed by atoms with Gasteiger partial charge in [0.05, 0.1) is 6.54 Å². The maximum Gasteiger partial charge on any atom is 0.239 e. The number of likely N-dealkylation sites (tertiary alicyclic amines) is 1. The summed E-state index contributed by atoms with van der Waals surface area (Å²) in [5.41, 5.74) is 0. The van der Waals surface area contributed by atoms with Gasteiger partial charge in [-0.2, -0.15) is 0 Å². The molecular weight excluding hydrogens is 230 g/mol. The van der Waals surface area contributed by atoms with Crippen molar-refractivity contribution in [2.45, 2.75) is 33.1 Å². The van der Waals surface area contributed by atoms with Gasteiger partial charge in [-0.1, -0.05) is 13.8 Å². The van der Waals surface area contributed by atoms with Crippen LogP contribution in [0.2, 0.25) is 0 Å². The normalized spacial score (nSPS) is 16.2. The Labute approximate surface area is 110 Å². The zero-order chi connectivity index (χ0) is 13.4. The second-order valence-corrected chi connectivity index (χ2v) is 4.65. The largest absolute Gasteiger partial charge is 0.353 e. The van der Waals surface area contributed by atoms with Crippen LogP contribution in [0.3, 0.4) is 0 Å². The first kappa shape index (κ1) is 15.0. The van der Waals surface area contributed by atoms with E-state index in [0.717, 1.165) is 39.0 Å². The van der Waals surface area contributed by atoms with Gasteiger partial charge in [0.1, 0.15) is 0 Å². The molecule has 0 radical (unpaired) electrons. The Hall–Kier alpha value is -1.10. The van der Waals surface area contributed by atoms with E-state index < -0.39 is 0 Å². The number of carbonyl (C=O) groups excluding carboxylic acids is 2. The Balaban J connectivity index is 2.18. The van der Waals surface area contributed by atoms with Gasteiger partial charge >= 0.3 is 0 Å². The molecule has 18 heavy (non-hydrogen) atoms. The maximum absolute atomic E-state index is 11.7. The number of hydrogen-bond donors (Lipinski definition) is 1. The van der Waals surface area contributed by atoms with Crippen LogP contribution in [-0.2, 0) is 9.59 Å².